The molecule has 29 heavy (non-hydrogen) atoms. The first-order valence-electron chi connectivity index (χ1n) is 9.35. The number of nitrogens with two attached hydrogens (primary N) is 1. The van der Waals surface area contributed by atoms with Crippen molar-refractivity contribution in [3.05, 3.63) is 78.0 Å². The van der Waals surface area contributed by atoms with Crippen LogP contribution >= 0.6 is 12.4 Å². The molecule has 154 valence electrons. The highest BCUT2D eigenvalue weighted by molar-refractivity contribution is 5.85. The molecule has 0 radical (unpaired) electrons. The predicted octanol–water partition coefficient (Wildman–Crippen LogP) is 3.00. The van der Waals surface area contributed by atoms with E-state index >= 15 is 0 Å². The van der Waals surface area contributed by atoms with E-state index in [0.29, 0.717) is 19.6 Å². The highest BCUT2D eigenvalue weighted by atomic mass is 35.5. The maximum atomic E-state index is 12.2. The van der Waals surface area contributed by atoms with Crippen molar-refractivity contribution in [2.75, 3.05) is 13.7 Å². The normalized spacial score (nSPS) is 11.5. The third kappa shape index (κ3) is 6.42. The molecule has 0 saturated carbocycles. The van der Waals surface area contributed by atoms with Crippen LogP contribution in [0.1, 0.15) is 17.5 Å². The molecule has 3 aromatic rings. The topological polar surface area (TPSA) is 82.2 Å². The van der Waals surface area contributed by atoms with Crippen LogP contribution in [0, 0.1) is 0 Å². The molecule has 3 N–H and O–H groups in total. The van der Waals surface area contributed by atoms with Crippen molar-refractivity contribution in [3.63, 3.8) is 0 Å². The van der Waals surface area contributed by atoms with Crippen molar-refractivity contribution < 1.29 is 9.53 Å². The van der Waals surface area contributed by atoms with Crippen LogP contribution < -0.4 is 11.1 Å². The van der Waals surface area contributed by atoms with Crippen molar-refractivity contribution in [1.82, 2.24) is 15.1 Å². The molecular formula is C22H27ClN4O2. The van der Waals surface area contributed by atoms with Crippen molar-refractivity contribution >= 4 is 18.3 Å². The number of benzene rings is 2. The van der Waals surface area contributed by atoms with E-state index in [-0.39, 0.29) is 30.8 Å². The summed E-state index contributed by atoms with van der Waals surface area (Å²) < 4.78 is 7.10. The van der Waals surface area contributed by atoms with E-state index in [4.69, 9.17) is 15.6 Å². The number of hydrogen-bond acceptors (Lipinski definition) is 4. The van der Waals surface area contributed by atoms with Gasteiger partial charge in [-0.05, 0) is 5.56 Å². The lowest BCUT2D eigenvalue weighted by molar-refractivity contribution is -0.123. The van der Waals surface area contributed by atoms with Crippen LogP contribution in [-0.4, -0.2) is 35.4 Å². The molecule has 0 aliphatic carbocycles. The minimum Gasteiger partial charge on any atom is -0.380 e. The van der Waals surface area contributed by atoms with Gasteiger partial charge in [0, 0.05) is 37.5 Å². The summed E-state index contributed by atoms with van der Waals surface area (Å²) in [5.74, 6) is -0.0906. The smallest absolute Gasteiger partial charge is 0.222 e. The molecule has 1 unspecified atom stereocenters. The number of methoxy groups -OCH3 is 1. The molecule has 1 amide bonds. The molecule has 1 atom stereocenters. The summed E-state index contributed by atoms with van der Waals surface area (Å²) in [6.45, 7) is 1.39. The minimum atomic E-state index is -0.269. The largest absolute Gasteiger partial charge is 0.380 e. The Morgan fingerprint density at radius 2 is 1.79 bits per heavy atom. The summed E-state index contributed by atoms with van der Waals surface area (Å²) >= 11 is 0. The summed E-state index contributed by atoms with van der Waals surface area (Å²) in [7, 11) is 1.56. The van der Waals surface area contributed by atoms with Crippen LogP contribution in [-0.2, 0) is 22.6 Å². The van der Waals surface area contributed by atoms with Gasteiger partial charge in [-0.25, -0.2) is 0 Å². The third-order valence-corrected chi connectivity index (χ3v) is 4.56. The van der Waals surface area contributed by atoms with Crippen LogP contribution in [0.25, 0.3) is 11.3 Å². The fourth-order valence-electron chi connectivity index (χ4n) is 3.02. The van der Waals surface area contributed by atoms with E-state index in [1.165, 1.54) is 5.56 Å². The summed E-state index contributed by atoms with van der Waals surface area (Å²) in [4.78, 5) is 12.2. The maximum Gasteiger partial charge on any atom is 0.222 e. The minimum absolute atomic E-state index is 0. The van der Waals surface area contributed by atoms with Crippen LogP contribution in [0.3, 0.4) is 0 Å². The van der Waals surface area contributed by atoms with Gasteiger partial charge in [-0.2, -0.15) is 5.10 Å². The lowest BCUT2D eigenvalue weighted by Gasteiger charge is -2.12. The molecule has 0 aliphatic rings. The van der Waals surface area contributed by atoms with Crippen molar-refractivity contribution in [2.24, 2.45) is 5.73 Å². The van der Waals surface area contributed by atoms with Crippen LogP contribution in [0.15, 0.2) is 66.9 Å². The van der Waals surface area contributed by atoms with E-state index in [9.17, 15) is 4.79 Å². The van der Waals surface area contributed by atoms with Crippen LogP contribution in [0.2, 0.25) is 0 Å². The molecule has 3 rings (SSSR count). The number of halogens is 1. The Kier molecular flexibility index (Phi) is 8.86. The molecular weight excluding hydrogens is 388 g/mol. The van der Waals surface area contributed by atoms with E-state index in [0.717, 1.165) is 16.8 Å². The van der Waals surface area contributed by atoms with Gasteiger partial charge < -0.3 is 15.8 Å². The second-order valence-corrected chi connectivity index (χ2v) is 6.63. The Morgan fingerprint density at radius 1 is 1.14 bits per heavy atom. The summed E-state index contributed by atoms with van der Waals surface area (Å²) in [6.07, 6.45) is 1.97. The number of ether oxygens (including phenoxy) is 1. The van der Waals surface area contributed by atoms with Gasteiger partial charge in [-0.1, -0.05) is 60.7 Å². The monoisotopic (exact) mass is 414 g/mol. The molecule has 6 nitrogen and oxygen atoms in total. The van der Waals surface area contributed by atoms with E-state index < -0.39 is 0 Å². The third-order valence-electron chi connectivity index (χ3n) is 4.56. The molecule has 0 aliphatic heterocycles. The second-order valence-electron chi connectivity index (χ2n) is 6.63. The second kappa shape index (κ2) is 11.4. The van der Waals surface area contributed by atoms with Gasteiger partial charge >= 0.3 is 0 Å². The Hall–Kier alpha value is -2.67. The molecule has 0 fully saturated rings. The standard InChI is InChI=1S/C22H26N4O2.ClH/c1-28-20(13-23)12-21(27)24-14-19-16-26(15-17-8-4-2-5-9-17)25-22(19)18-10-6-3-7-11-18;/h2-11,16,20H,12-15,23H2,1H3,(H,24,27);1H. The van der Waals surface area contributed by atoms with E-state index in [1.807, 2.05) is 59.4 Å². The summed E-state index contributed by atoms with van der Waals surface area (Å²) in [6, 6.07) is 20.2. The van der Waals surface area contributed by atoms with Gasteiger partial charge in [0.2, 0.25) is 5.91 Å². The average molecular weight is 415 g/mol. The van der Waals surface area contributed by atoms with Crippen molar-refractivity contribution in [2.45, 2.75) is 25.6 Å². The first-order chi connectivity index (χ1) is 13.7. The number of carbonyl (C=O) groups excluding carboxylic acids is 1. The van der Waals surface area contributed by atoms with E-state index in [2.05, 4.69) is 17.4 Å². The molecule has 7 heteroatoms. The van der Waals surface area contributed by atoms with Crippen molar-refractivity contribution in [1.29, 1.82) is 0 Å². The highest BCUT2D eigenvalue weighted by Crippen LogP contribution is 2.22. The number of aromatic nitrogens is 2. The Bertz CT molecular complexity index is 880. The zero-order valence-corrected chi connectivity index (χ0v) is 17.3. The molecule has 0 saturated heterocycles. The quantitative estimate of drug-likeness (QED) is 0.564. The first-order valence-corrected chi connectivity index (χ1v) is 9.35. The van der Waals surface area contributed by atoms with E-state index in [1.54, 1.807) is 7.11 Å². The highest BCUT2D eigenvalue weighted by Gasteiger charge is 2.15. The fraction of sp³-hybridized carbons (Fsp3) is 0.273. The molecule has 1 heterocycles. The number of carbonyl (C=O) groups is 1. The van der Waals surface area contributed by atoms with Gasteiger partial charge in [0.25, 0.3) is 0 Å². The zero-order valence-electron chi connectivity index (χ0n) is 16.5. The SMILES string of the molecule is COC(CN)CC(=O)NCc1cn(Cc2ccccc2)nc1-c1ccccc1.Cl. The lowest BCUT2D eigenvalue weighted by Crippen LogP contribution is -2.31. The average Bonchev–Trinajstić information content (AvgIpc) is 3.14. The number of nitrogens with one attached hydrogen (secondary N) is 1. The van der Waals surface area contributed by atoms with Crippen LogP contribution in [0.4, 0.5) is 0 Å². The number of rotatable bonds is 9. The molecule has 1 aromatic heterocycles. The van der Waals surface area contributed by atoms with Gasteiger partial charge in [0.05, 0.1) is 24.8 Å². The van der Waals surface area contributed by atoms with Crippen molar-refractivity contribution in [3.8, 4) is 11.3 Å². The molecule has 2 aromatic carbocycles. The lowest BCUT2D eigenvalue weighted by atomic mass is 10.1. The summed E-state index contributed by atoms with van der Waals surface area (Å²) in [5, 5.41) is 7.73. The van der Waals surface area contributed by atoms with Gasteiger partial charge in [0.1, 0.15) is 0 Å². The summed E-state index contributed by atoms with van der Waals surface area (Å²) in [5.41, 5.74) is 9.64. The van der Waals surface area contributed by atoms with Gasteiger partial charge in [-0.15, -0.1) is 12.4 Å². The number of hydrogen-bond donors (Lipinski definition) is 2. The van der Waals surface area contributed by atoms with Gasteiger partial charge in [0.15, 0.2) is 0 Å². The maximum absolute atomic E-state index is 12.2. The molecule has 0 spiro atoms. The number of amides is 1. The predicted molar refractivity (Wildman–Crippen MR) is 117 cm³/mol. The van der Waals surface area contributed by atoms with Gasteiger partial charge in [-0.3, -0.25) is 9.48 Å². The first kappa shape index (κ1) is 22.6. The Morgan fingerprint density at radius 3 is 2.41 bits per heavy atom. The fourth-order valence-corrected chi connectivity index (χ4v) is 3.02. The molecule has 0 bridgehead atoms. The number of nitrogens with zero attached hydrogens (tertiary/aromatic N) is 2. The zero-order chi connectivity index (χ0) is 19.8. The van der Waals surface area contributed by atoms with Crippen LogP contribution in [0.5, 0.6) is 0 Å². The Labute approximate surface area is 177 Å². The Balaban J connectivity index is 0.00000300.